The smallest absolute Gasteiger partial charge is 0.229 e. The Morgan fingerprint density at radius 2 is 2.12 bits per heavy atom. The number of carbonyl (C=O) groups excluding carboxylic acids is 1. The van der Waals surface area contributed by atoms with Crippen LogP contribution in [0.15, 0.2) is 23.4 Å². The minimum Gasteiger partial charge on any atom is -0.497 e. The van der Waals surface area contributed by atoms with Crippen LogP contribution in [0, 0.1) is 10.3 Å². The van der Waals surface area contributed by atoms with Crippen molar-refractivity contribution in [2.75, 3.05) is 20.8 Å². The molecule has 1 saturated heterocycles. The number of nitroso groups, excluding NO2 is 1. The topological polar surface area (TPSA) is 68.2 Å². The van der Waals surface area contributed by atoms with Gasteiger partial charge in [-0.2, -0.15) is 4.91 Å². The zero-order valence-electron chi connectivity index (χ0n) is 14.3. The number of rotatable bonds is 5. The number of hydrogen-bond donors (Lipinski definition) is 0. The van der Waals surface area contributed by atoms with Crippen molar-refractivity contribution < 1.29 is 14.3 Å². The Labute approximate surface area is 142 Å². The molecule has 2 aliphatic rings. The summed E-state index contributed by atoms with van der Waals surface area (Å²) in [5.41, 5.74) is 0.584. The number of ether oxygens (including phenoxy) is 2. The van der Waals surface area contributed by atoms with Gasteiger partial charge < -0.3 is 14.4 Å². The van der Waals surface area contributed by atoms with Crippen LogP contribution in [0.25, 0.3) is 0 Å². The Morgan fingerprint density at radius 3 is 2.83 bits per heavy atom. The lowest BCUT2D eigenvalue weighted by molar-refractivity contribution is -0.138. The van der Waals surface area contributed by atoms with Gasteiger partial charge in [0, 0.05) is 24.7 Å². The molecule has 1 heterocycles. The van der Waals surface area contributed by atoms with Gasteiger partial charge in [-0.15, -0.1) is 0 Å². The van der Waals surface area contributed by atoms with Crippen LogP contribution >= 0.6 is 0 Å². The minimum absolute atomic E-state index is 0.161. The molecule has 1 spiro atoms. The van der Waals surface area contributed by atoms with E-state index < -0.39 is 0 Å². The SMILES string of the molecule is COc1ccc(CN2CC[C@]3(CCC[C@H](N=O)C3)C2=O)c(OC)c1. The molecular weight excluding hydrogens is 308 g/mol. The highest BCUT2D eigenvalue weighted by Crippen LogP contribution is 2.46. The highest BCUT2D eigenvalue weighted by molar-refractivity contribution is 5.85. The summed E-state index contributed by atoms with van der Waals surface area (Å²) in [6.45, 7) is 1.24. The maximum absolute atomic E-state index is 13.0. The first-order chi connectivity index (χ1) is 11.6. The molecule has 0 bridgehead atoms. The second kappa shape index (κ2) is 6.79. The predicted molar refractivity (Wildman–Crippen MR) is 90.1 cm³/mol. The molecule has 2 fully saturated rings. The van der Waals surface area contributed by atoms with Gasteiger partial charge in [0.2, 0.25) is 5.91 Å². The Balaban J connectivity index is 1.75. The zero-order chi connectivity index (χ0) is 17.2. The third kappa shape index (κ3) is 2.97. The molecule has 1 aromatic rings. The van der Waals surface area contributed by atoms with Crippen molar-refractivity contribution in [1.82, 2.24) is 4.90 Å². The lowest BCUT2D eigenvalue weighted by Crippen LogP contribution is -2.39. The molecule has 1 aromatic carbocycles. The lowest BCUT2D eigenvalue weighted by Gasteiger charge is -2.33. The van der Waals surface area contributed by atoms with Crippen molar-refractivity contribution in [3.05, 3.63) is 28.7 Å². The summed E-state index contributed by atoms with van der Waals surface area (Å²) < 4.78 is 10.6. The standard InChI is InChI=1S/C18H24N2O4/c1-23-15-6-5-13(16(10-15)24-2)12-20-9-8-18(17(20)21)7-3-4-14(11-18)19-22/h5-6,10,14H,3-4,7-9,11-12H2,1-2H3/t14-,18-/m0/s1. The van der Waals surface area contributed by atoms with Crippen molar-refractivity contribution in [3.63, 3.8) is 0 Å². The Kier molecular flexibility index (Phi) is 4.73. The molecule has 0 N–H and O–H groups in total. The van der Waals surface area contributed by atoms with Crippen LogP contribution in [0.1, 0.15) is 37.7 Å². The molecule has 1 amide bonds. The van der Waals surface area contributed by atoms with E-state index in [9.17, 15) is 9.70 Å². The maximum atomic E-state index is 13.0. The maximum Gasteiger partial charge on any atom is 0.229 e. The Morgan fingerprint density at radius 1 is 1.29 bits per heavy atom. The van der Waals surface area contributed by atoms with Crippen LogP contribution < -0.4 is 9.47 Å². The van der Waals surface area contributed by atoms with Gasteiger partial charge in [0.15, 0.2) is 0 Å². The number of hydrogen-bond acceptors (Lipinski definition) is 5. The van der Waals surface area contributed by atoms with Crippen LogP contribution in [-0.2, 0) is 11.3 Å². The number of nitrogens with zero attached hydrogens (tertiary/aromatic N) is 2. The minimum atomic E-state index is -0.378. The van der Waals surface area contributed by atoms with Crippen molar-refractivity contribution in [3.8, 4) is 11.5 Å². The van der Waals surface area contributed by atoms with Gasteiger partial charge in [0.25, 0.3) is 0 Å². The van der Waals surface area contributed by atoms with E-state index in [4.69, 9.17) is 9.47 Å². The van der Waals surface area contributed by atoms with Crippen molar-refractivity contribution in [1.29, 1.82) is 0 Å². The van der Waals surface area contributed by atoms with E-state index in [1.54, 1.807) is 14.2 Å². The van der Waals surface area contributed by atoms with Crippen molar-refractivity contribution in [2.24, 2.45) is 10.6 Å². The molecular formula is C18H24N2O4. The Bertz CT molecular complexity index is 633. The quantitative estimate of drug-likeness (QED) is 0.777. The van der Waals surface area contributed by atoms with E-state index >= 15 is 0 Å². The monoisotopic (exact) mass is 332 g/mol. The second-order valence-corrected chi connectivity index (χ2v) is 6.79. The Hall–Kier alpha value is -2.11. The lowest BCUT2D eigenvalue weighted by atomic mass is 9.71. The van der Waals surface area contributed by atoms with Gasteiger partial charge in [-0.05, 0) is 37.8 Å². The summed E-state index contributed by atoms with van der Waals surface area (Å²) in [5, 5.41) is 3.20. The number of likely N-dealkylation sites (tertiary alicyclic amines) is 1. The number of benzene rings is 1. The predicted octanol–water partition coefficient (Wildman–Crippen LogP) is 3.13. The fraction of sp³-hybridized carbons (Fsp3) is 0.611. The molecule has 0 aromatic heterocycles. The molecule has 3 rings (SSSR count). The summed E-state index contributed by atoms with van der Waals surface area (Å²) in [7, 11) is 3.23. The summed E-state index contributed by atoms with van der Waals surface area (Å²) in [6.07, 6.45) is 4.00. The second-order valence-electron chi connectivity index (χ2n) is 6.79. The molecule has 130 valence electrons. The van der Waals surface area contributed by atoms with E-state index in [-0.39, 0.29) is 17.4 Å². The van der Waals surface area contributed by atoms with Crippen LogP contribution in [0.5, 0.6) is 11.5 Å². The molecule has 0 radical (unpaired) electrons. The van der Waals surface area contributed by atoms with Gasteiger partial charge in [-0.1, -0.05) is 11.6 Å². The first kappa shape index (κ1) is 16.7. The summed E-state index contributed by atoms with van der Waals surface area (Å²) in [5.74, 6) is 1.61. The third-order valence-electron chi connectivity index (χ3n) is 5.42. The van der Waals surface area contributed by atoms with E-state index in [0.29, 0.717) is 13.0 Å². The van der Waals surface area contributed by atoms with Crippen molar-refractivity contribution >= 4 is 5.91 Å². The first-order valence-corrected chi connectivity index (χ1v) is 8.44. The molecule has 24 heavy (non-hydrogen) atoms. The van der Waals surface area contributed by atoms with Gasteiger partial charge in [0.1, 0.15) is 11.5 Å². The summed E-state index contributed by atoms with van der Waals surface area (Å²) in [4.78, 5) is 25.8. The highest BCUT2D eigenvalue weighted by Gasteiger charge is 2.49. The van der Waals surface area contributed by atoms with Gasteiger partial charge in [-0.25, -0.2) is 0 Å². The van der Waals surface area contributed by atoms with Crippen LogP contribution in [0.2, 0.25) is 0 Å². The van der Waals surface area contributed by atoms with Crippen LogP contribution in [0.3, 0.4) is 0 Å². The molecule has 6 nitrogen and oxygen atoms in total. The van der Waals surface area contributed by atoms with Gasteiger partial charge >= 0.3 is 0 Å². The van der Waals surface area contributed by atoms with Crippen LogP contribution in [0.4, 0.5) is 0 Å². The van der Waals surface area contributed by atoms with E-state index in [1.165, 1.54) is 0 Å². The highest BCUT2D eigenvalue weighted by atomic mass is 16.5. The van der Waals surface area contributed by atoms with Crippen molar-refractivity contribution in [2.45, 2.75) is 44.7 Å². The molecule has 1 aliphatic carbocycles. The third-order valence-corrected chi connectivity index (χ3v) is 5.42. The van der Waals surface area contributed by atoms with Gasteiger partial charge in [0.05, 0.1) is 25.7 Å². The summed E-state index contributed by atoms with van der Waals surface area (Å²) in [6, 6.07) is 5.44. The molecule has 6 heteroatoms. The fourth-order valence-corrected chi connectivity index (χ4v) is 4.07. The molecule has 1 aliphatic heterocycles. The van der Waals surface area contributed by atoms with E-state index in [0.717, 1.165) is 49.3 Å². The number of methoxy groups -OCH3 is 2. The molecule has 0 unspecified atom stereocenters. The van der Waals surface area contributed by atoms with E-state index in [1.807, 2.05) is 23.1 Å². The average molecular weight is 332 g/mol. The molecule has 1 saturated carbocycles. The fourth-order valence-electron chi connectivity index (χ4n) is 4.07. The average Bonchev–Trinajstić information content (AvgIpc) is 2.91. The zero-order valence-corrected chi connectivity index (χ0v) is 14.3. The van der Waals surface area contributed by atoms with E-state index in [2.05, 4.69) is 5.18 Å². The number of carbonyl (C=O) groups is 1. The van der Waals surface area contributed by atoms with Gasteiger partial charge in [-0.3, -0.25) is 4.79 Å². The summed E-state index contributed by atoms with van der Waals surface area (Å²) >= 11 is 0. The first-order valence-electron chi connectivity index (χ1n) is 8.44. The number of amides is 1. The van der Waals surface area contributed by atoms with Crippen LogP contribution in [-0.4, -0.2) is 37.6 Å². The molecule has 2 atom stereocenters. The largest absolute Gasteiger partial charge is 0.497 e. The normalized spacial score (nSPS) is 26.7.